The zero-order chi connectivity index (χ0) is 9.97. The molecule has 0 radical (unpaired) electrons. The zero-order valence-electron chi connectivity index (χ0n) is 8.53. The van der Waals surface area contributed by atoms with E-state index in [1.54, 1.807) is 7.11 Å². The van der Waals surface area contributed by atoms with Crippen molar-refractivity contribution in [1.29, 1.82) is 0 Å². The highest BCUT2D eigenvalue weighted by atomic mass is 28.3. The molecule has 0 N–H and O–H groups in total. The van der Waals surface area contributed by atoms with Gasteiger partial charge in [0.25, 0.3) is 0 Å². The van der Waals surface area contributed by atoms with Gasteiger partial charge in [0.2, 0.25) is 9.04 Å². The summed E-state index contributed by atoms with van der Waals surface area (Å²) in [6, 6.07) is 14.9. The third-order valence-corrected chi connectivity index (χ3v) is 4.70. The highest BCUT2D eigenvalue weighted by Gasteiger charge is 2.09. The minimum absolute atomic E-state index is 1.19. The fraction of sp³-hybridized carbons (Fsp3) is 0.167. The van der Waals surface area contributed by atoms with Gasteiger partial charge in [0.1, 0.15) is 0 Å². The van der Waals surface area contributed by atoms with Gasteiger partial charge in [-0.15, -0.1) is 0 Å². The van der Waals surface area contributed by atoms with Crippen LogP contribution in [0.5, 0.6) is 0 Å². The van der Waals surface area contributed by atoms with E-state index in [9.17, 15) is 0 Å². The summed E-state index contributed by atoms with van der Waals surface area (Å²) in [6.07, 6.45) is 0. The van der Waals surface area contributed by atoms with Crippen molar-refractivity contribution in [2.45, 2.75) is 6.55 Å². The molecule has 2 aromatic rings. The smallest absolute Gasteiger partial charge is 0.205 e. The summed E-state index contributed by atoms with van der Waals surface area (Å²) in [6.45, 7) is 2.21. The molecule has 0 aromatic heterocycles. The molecule has 0 amide bonds. The summed E-state index contributed by atoms with van der Waals surface area (Å²) in [5.41, 5.74) is 0. The van der Waals surface area contributed by atoms with Crippen LogP contribution >= 0.6 is 0 Å². The van der Waals surface area contributed by atoms with E-state index in [1.807, 2.05) is 0 Å². The van der Waals surface area contributed by atoms with Crippen molar-refractivity contribution in [3.8, 4) is 0 Å². The fourth-order valence-electron chi connectivity index (χ4n) is 1.73. The molecule has 0 heterocycles. The van der Waals surface area contributed by atoms with Crippen LogP contribution in [-0.4, -0.2) is 16.2 Å². The molecular formula is C12H14OSi. The van der Waals surface area contributed by atoms with Crippen molar-refractivity contribution in [3.63, 3.8) is 0 Å². The van der Waals surface area contributed by atoms with Crippen molar-refractivity contribution in [1.82, 2.24) is 0 Å². The van der Waals surface area contributed by atoms with Crippen LogP contribution in [0.15, 0.2) is 42.5 Å². The summed E-state index contributed by atoms with van der Waals surface area (Å²) < 4.78 is 5.48. The third-order valence-electron chi connectivity index (χ3n) is 2.61. The molecule has 0 saturated heterocycles. The number of hydrogen-bond acceptors (Lipinski definition) is 1. The lowest BCUT2D eigenvalue weighted by atomic mass is 10.1. The van der Waals surface area contributed by atoms with Gasteiger partial charge >= 0.3 is 0 Å². The summed E-state index contributed by atoms with van der Waals surface area (Å²) in [4.78, 5) is 0. The minimum atomic E-state index is -1.19. The molecule has 1 nitrogen and oxygen atoms in total. The Morgan fingerprint density at radius 2 is 1.71 bits per heavy atom. The molecule has 0 spiro atoms. The molecule has 2 rings (SSSR count). The van der Waals surface area contributed by atoms with Crippen LogP contribution in [0, 0.1) is 0 Å². The predicted molar refractivity (Wildman–Crippen MR) is 63.6 cm³/mol. The first-order chi connectivity index (χ1) is 6.83. The first-order valence-electron chi connectivity index (χ1n) is 4.83. The second-order valence-corrected chi connectivity index (χ2v) is 5.82. The number of hydrogen-bond donors (Lipinski definition) is 0. The second kappa shape index (κ2) is 3.94. The van der Waals surface area contributed by atoms with Crippen LogP contribution in [0.25, 0.3) is 10.8 Å². The second-order valence-electron chi connectivity index (χ2n) is 3.45. The summed E-state index contributed by atoms with van der Waals surface area (Å²) in [5, 5.41) is 4.04. The molecule has 0 aliphatic carbocycles. The Kier molecular flexibility index (Phi) is 2.66. The van der Waals surface area contributed by atoms with E-state index < -0.39 is 9.04 Å². The van der Waals surface area contributed by atoms with Crippen molar-refractivity contribution in [3.05, 3.63) is 42.5 Å². The largest absolute Gasteiger partial charge is 0.419 e. The van der Waals surface area contributed by atoms with Gasteiger partial charge in [0, 0.05) is 7.11 Å². The van der Waals surface area contributed by atoms with E-state index in [0.717, 1.165) is 0 Å². The van der Waals surface area contributed by atoms with Crippen LogP contribution < -0.4 is 5.19 Å². The van der Waals surface area contributed by atoms with Crippen LogP contribution in [0.4, 0.5) is 0 Å². The van der Waals surface area contributed by atoms with Gasteiger partial charge in [-0.3, -0.25) is 0 Å². The maximum Gasteiger partial charge on any atom is 0.205 e. The SMILES string of the molecule is CO[SiH](C)c1cccc2ccccc12. The standard InChI is InChI=1S/C12H14OSi/c1-13-14(2)12-9-5-7-10-6-3-4-8-11(10)12/h3-9,14H,1-2H3. The van der Waals surface area contributed by atoms with Crippen LogP contribution in [0.1, 0.15) is 0 Å². The lowest BCUT2D eigenvalue weighted by Crippen LogP contribution is -2.29. The van der Waals surface area contributed by atoms with Crippen LogP contribution in [0.2, 0.25) is 6.55 Å². The molecule has 2 heteroatoms. The Morgan fingerprint density at radius 3 is 2.50 bits per heavy atom. The van der Waals surface area contributed by atoms with Crippen molar-refractivity contribution in [2.75, 3.05) is 7.11 Å². The fourth-order valence-corrected chi connectivity index (χ4v) is 3.07. The van der Waals surface area contributed by atoms with Gasteiger partial charge in [-0.05, 0) is 22.5 Å². The molecule has 72 valence electrons. The van der Waals surface area contributed by atoms with Gasteiger partial charge in [-0.25, -0.2) is 0 Å². The van der Waals surface area contributed by atoms with E-state index in [0.29, 0.717) is 0 Å². The van der Waals surface area contributed by atoms with Gasteiger partial charge in [-0.2, -0.15) is 0 Å². The van der Waals surface area contributed by atoms with E-state index in [4.69, 9.17) is 4.43 Å². The maximum absolute atomic E-state index is 5.48. The quantitative estimate of drug-likeness (QED) is 0.677. The van der Waals surface area contributed by atoms with Crippen molar-refractivity contribution in [2.24, 2.45) is 0 Å². The third kappa shape index (κ3) is 1.58. The van der Waals surface area contributed by atoms with Crippen LogP contribution in [-0.2, 0) is 4.43 Å². The van der Waals surface area contributed by atoms with Gasteiger partial charge in [-0.1, -0.05) is 42.5 Å². The van der Waals surface area contributed by atoms with Gasteiger partial charge < -0.3 is 4.43 Å². The summed E-state index contributed by atoms with van der Waals surface area (Å²) in [5.74, 6) is 0. The Morgan fingerprint density at radius 1 is 1.00 bits per heavy atom. The predicted octanol–water partition coefficient (Wildman–Crippen LogP) is 2.05. The van der Waals surface area contributed by atoms with Gasteiger partial charge in [0.05, 0.1) is 0 Å². The topological polar surface area (TPSA) is 9.23 Å². The van der Waals surface area contributed by atoms with Crippen molar-refractivity contribution >= 4 is 25.0 Å². The molecule has 0 aliphatic heterocycles. The van der Waals surface area contributed by atoms with Crippen molar-refractivity contribution < 1.29 is 4.43 Å². The number of benzene rings is 2. The first kappa shape index (κ1) is 9.43. The lowest BCUT2D eigenvalue weighted by Gasteiger charge is -2.10. The van der Waals surface area contributed by atoms with E-state index in [1.165, 1.54) is 16.0 Å². The lowest BCUT2D eigenvalue weighted by molar-refractivity contribution is 0.435. The monoisotopic (exact) mass is 202 g/mol. The van der Waals surface area contributed by atoms with E-state index in [2.05, 4.69) is 49.0 Å². The van der Waals surface area contributed by atoms with Crippen LogP contribution in [0.3, 0.4) is 0 Å². The maximum atomic E-state index is 5.48. The molecule has 14 heavy (non-hydrogen) atoms. The minimum Gasteiger partial charge on any atom is -0.419 e. The summed E-state index contributed by atoms with van der Waals surface area (Å²) >= 11 is 0. The Hall–Kier alpha value is -1.12. The molecule has 1 atom stereocenters. The zero-order valence-corrected chi connectivity index (χ0v) is 9.68. The molecule has 2 aromatic carbocycles. The molecule has 0 aliphatic rings. The number of rotatable bonds is 2. The highest BCUT2D eigenvalue weighted by molar-refractivity contribution is 6.68. The Labute approximate surface area is 86.1 Å². The summed E-state index contributed by atoms with van der Waals surface area (Å²) in [7, 11) is 0.614. The normalized spacial score (nSPS) is 13.0. The van der Waals surface area contributed by atoms with E-state index >= 15 is 0 Å². The Balaban J connectivity index is 2.65. The van der Waals surface area contributed by atoms with E-state index in [-0.39, 0.29) is 0 Å². The molecule has 0 fully saturated rings. The Bertz CT molecular complexity index is 434. The molecule has 0 saturated carbocycles. The molecule has 1 unspecified atom stereocenters. The first-order valence-corrected chi connectivity index (χ1v) is 7.03. The average molecular weight is 202 g/mol. The highest BCUT2D eigenvalue weighted by Crippen LogP contribution is 2.11. The van der Waals surface area contributed by atoms with Gasteiger partial charge in [0.15, 0.2) is 0 Å². The number of fused-ring (bicyclic) bond motifs is 1. The average Bonchev–Trinajstić information content (AvgIpc) is 2.27. The molecule has 0 bridgehead atoms. The molecular weight excluding hydrogens is 188 g/mol.